The van der Waals surface area contributed by atoms with Crippen molar-refractivity contribution in [2.75, 3.05) is 6.26 Å². The number of ether oxygens (including phenoxy) is 1. The minimum Gasteiger partial charge on any atom is -0.485 e. The minimum atomic E-state index is -3.29. The molecule has 0 aliphatic heterocycles. The van der Waals surface area contributed by atoms with Gasteiger partial charge in [0.25, 0.3) is 0 Å². The summed E-state index contributed by atoms with van der Waals surface area (Å²) in [4.78, 5) is 11.6. The highest BCUT2D eigenvalue weighted by Gasteiger charge is 2.22. The average molecular weight is 339 g/mol. The summed E-state index contributed by atoms with van der Waals surface area (Å²) < 4.78 is 30.7. The second kappa shape index (κ2) is 5.84. The second-order valence-electron chi connectivity index (χ2n) is 6.47. The molecule has 8 heteroatoms. The van der Waals surface area contributed by atoms with Gasteiger partial charge in [-0.3, -0.25) is 4.57 Å². The maximum Gasteiger partial charge on any atom is 0.343 e. The molecule has 1 heterocycles. The summed E-state index contributed by atoms with van der Waals surface area (Å²) in [5, 5.41) is 6.23. The normalized spacial score (nSPS) is 12.4. The third kappa shape index (κ3) is 3.82. The third-order valence-corrected chi connectivity index (χ3v) is 4.63. The zero-order chi connectivity index (χ0) is 17.4. The fraction of sp³-hybridized carbons (Fsp3) is 0.467. The minimum absolute atomic E-state index is 0.108. The van der Waals surface area contributed by atoms with E-state index < -0.39 is 9.84 Å². The molecule has 0 unspecified atom stereocenters. The van der Waals surface area contributed by atoms with Gasteiger partial charge in [-0.2, -0.15) is 5.10 Å². The van der Waals surface area contributed by atoms with Crippen LogP contribution in [0.25, 0.3) is 0 Å². The predicted octanol–water partition coefficient (Wildman–Crippen LogP) is 1.39. The van der Waals surface area contributed by atoms with Crippen LogP contribution in [0.15, 0.2) is 27.9 Å². The Kier molecular flexibility index (Phi) is 4.39. The molecule has 2 aromatic rings. The maximum absolute atomic E-state index is 11.8. The summed E-state index contributed by atoms with van der Waals surface area (Å²) in [5.74, 6) is 1.03. The van der Waals surface area contributed by atoms with E-state index in [1.165, 1.54) is 16.9 Å². The van der Waals surface area contributed by atoms with E-state index in [1.807, 2.05) is 20.8 Å². The molecule has 1 N–H and O–H groups in total. The Labute approximate surface area is 135 Å². The Morgan fingerprint density at radius 3 is 2.43 bits per heavy atom. The van der Waals surface area contributed by atoms with Crippen LogP contribution < -0.4 is 10.4 Å². The topological polar surface area (TPSA) is 94.0 Å². The molecule has 7 nitrogen and oxygen atoms in total. The molecule has 0 atom stereocenters. The van der Waals surface area contributed by atoms with E-state index in [1.54, 1.807) is 19.2 Å². The lowest BCUT2D eigenvalue weighted by Crippen LogP contribution is -2.17. The van der Waals surface area contributed by atoms with Gasteiger partial charge >= 0.3 is 5.69 Å². The molecule has 0 spiro atoms. The predicted molar refractivity (Wildman–Crippen MR) is 86.4 cm³/mol. The summed E-state index contributed by atoms with van der Waals surface area (Å²) in [5.41, 5.74) is 0.168. The first-order chi connectivity index (χ1) is 10.5. The van der Waals surface area contributed by atoms with Gasteiger partial charge in [0.2, 0.25) is 0 Å². The molecule has 0 saturated heterocycles. The van der Waals surface area contributed by atoms with E-state index in [-0.39, 0.29) is 22.6 Å². The Balaban J connectivity index is 2.38. The molecule has 0 fully saturated rings. The molecule has 0 saturated carbocycles. The van der Waals surface area contributed by atoms with Crippen LogP contribution in [0, 0.1) is 0 Å². The van der Waals surface area contributed by atoms with Crippen molar-refractivity contribution in [1.82, 2.24) is 14.8 Å². The van der Waals surface area contributed by atoms with E-state index in [0.717, 1.165) is 5.56 Å². The molecular weight excluding hydrogens is 318 g/mol. The monoisotopic (exact) mass is 339 g/mol. The van der Waals surface area contributed by atoms with Gasteiger partial charge in [-0.1, -0.05) is 20.8 Å². The molecule has 0 amide bonds. The average Bonchev–Trinajstić information content (AvgIpc) is 2.74. The lowest BCUT2D eigenvalue weighted by Gasteiger charge is -2.23. The van der Waals surface area contributed by atoms with E-state index >= 15 is 0 Å². The molecule has 126 valence electrons. The number of aromatic amines is 1. The number of H-pyrrole nitrogens is 1. The quantitative estimate of drug-likeness (QED) is 0.908. The van der Waals surface area contributed by atoms with Crippen molar-refractivity contribution in [1.29, 1.82) is 0 Å². The third-order valence-electron chi connectivity index (χ3n) is 3.52. The molecule has 0 aliphatic carbocycles. The Morgan fingerprint density at radius 2 is 1.96 bits per heavy atom. The van der Waals surface area contributed by atoms with Gasteiger partial charge in [0.15, 0.2) is 15.7 Å². The van der Waals surface area contributed by atoms with Crippen molar-refractivity contribution < 1.29 is 13.2 Å². The van der Waals surface area contributed by atoms with Gasteiger partial charge in [-0.05, 0) is 23.6 Å². The van der Waals surface area contributed by atoms with Gasteiger partial charge in [0, 0.05) is 18.9 Å². The van der Waals surface area contributed by atoms with Crippen molar-refractivity contribution in [3.05, 3.63) is 40.1 Å². The molecule has 1 aromatic carbocycles. The van der Waals surface area contributed by atoms with Crippen LogP contribution in [0.5, 0.6) is 5.75 Å². The standard InChI is InChI=1S/C15H21N3O4S/c1-15(2,3)11-8-10(23(5,20)21)6-7-12(11)22-9-13-16-17-14(19)18(13)4/h6-8H,9H2,1-5H3,(H,17,19). The van der Waals surface area contributed by atoms with Crippen LogP contribution in [-0.4, -0.2) is 29.4 Å². The number of nitrogens with one attached hydrogen (secondary N) is 1. The maximum atomic E-state index is 11.8. The zero-order valence-electron chi connectivity index (χ0n) is 13.9. The van der Waals surface area contributed by atoms with Gasteiger partial charge in [-0.15, -0.1) is 0 Å². The van der Waals surface area contributed by atoms with E-state index in [4.69, 9.17) is 4.74 Å². The molecule has 23 heavy (non-hydrogen) atoms. The number of rotatable bonds is 4. The summed E-state index contributed by atoms with van der Waals surface area (Å²) in [6, 6.07) is 4.79. The largest absolute Gasteiger partial charge is 0.485 e. The van der Waals surface area contributed by atoms with Crippen molar-refractivity contribution >= 4 is 9.84 Å². The number of benzene rings is 1. The van der Waals surface area contributed by atoms with Crippen LogP contribution in [0.2, 0.25) is 0 Å². The van der Waals surface area contributed by atoms with Gasteiger partial charge in [0.1, 0.15) is 12.4 Å². The van der Waals surface area contributed by atoms with Gasteiger partial charge in [0.05, 0.1) is 4.90 Å². The lowest BCUT2D eigenvalue weighted by atomic mass is 9.86. The zero-order valence-corrected chi connectivity index (χ0v) is 14.7. The van der Waals surface area contributed by atoms with Crippen molar-refractivity contribution in [2.24, 2.45) is 7.05 Å². The molecular formula is C15H21N3O4S. The van der Waals surface area contributed by atoms with Crippen LogP contribution in [0.3, 0.4) is 0 Å². The van der Waals surface area contributed by atoms with Gasteiger partial charge < -0.3 is 4.74 Å². The number of hydrogen-bond donors (Lipinski definition) is 1. The number of sulfone groups is 1. The van der Waals surface area contributed by atoms with Crippen LogP contribution in [0.1, 0.15) is 32.2 Å². The summed E-state index contributed by atoms with van der Waals surface area (Å²) in [6.07, 6.45) is 1.18. The smallest absolute Gasteiger partial charge is 0.343 e. The highest BCUT2D eigenvalue weighted by atomic mass is 32.2. The molecule has 0 bridgehead atoms. The molecule has 1 aromatic heterocycles. The van der Waals surface area contributed by atoms with E-state index in [9.17, 15) is 13.2 Å². The SMILES string of the molecule is Cn1c(COc2ccc(S(C)(=O)=O)cc2C(C)(C)C)n[nH]c1=O. The first-order valence-electron chi connectivity index (χ1n) is 7.08. The Bertz CT molecular complexity index is 873. The second-order valence-corrected chi connectivity index (χ2v) is 8.49. The van der Waals surface area contributed by atoms with Crippen LogP contribution >= 0.6 is 0 Å². The fourth-order valence-electron chi connectivity index (χ4n) is 2.10. The fourth-order valence-corrected chi connectivity index (χ4v) is 2.75. The number of aromatic nitrogens is 3. The van der Waals surface area contributed by atoms with E-state index in [0.29, 0.717) is 11.6 Å². The number of nitrogens with zero attached hydrogens (tertiary/aromatic N) is 2. The first-order valence-corrected chi connectivity index (χ1v) is 8.97. The van der Waals surface area contributed by atoms with Crippen LogP contribution in [0.4, 0.5) is 0 Å². The van der Waals surface area contributed by atoms with Crippen molar-refractivity contribution in [2.45, 2.75) is 37.7 Å². The van der Waals surface area contributed by atoms with Crippen LogP contribution in [-0.2, 0) is 28.9 Å². The van der Waals surface area contributed by atoms with Crippen molar-refractivity contribution in [3.8, 4) is 5.75 Å². The lowest BCUT2D eigenvalue weighted by molar-refractivity contribution is 0.283. The summed E-state index contributed by atoms with van der Waals surface area (Å²) in [6.45, 7) is 6.04. The highest BCUT2D eigenvalue weighted by molar-refractivity contribution is 7.90. The molecule has 2 rings (SSSR count). The Hall–Kier alpha value is -2.09. The highest BCUT2D eigenvalue weighted by Crippen LogP contribution is 2.33. The summed E-state index contributed by atoms with van der Waals surface area (Å²) >= 11 is 0. The van der Waals surface area contributed by atoms with Gasteiger partial charge in [-0.25, -0.2) is 18.3 Å². The first kappa shape index (κ1) is 17.3. The van der Waals surface area contributed by atoms with E-state index in [2.05, 4.69) is 10.2 Å². The number of hydrogen-bond acceptors (Lipinski definition) is 5. The summed E-state index contributed by atoms with van der Waals surface area (Å²) in [7, 11) is -1.69. The molecule has 0 radical (unpaired) electrons. The molecule has 0 aliphatic rings. The van der Waals surface area contributed by atoms with Crippen molar-refractivity contribution in [3.63, 3.8) is 0 Å². The Morgan fingerprint density at radius 1 is 1.30 bits per heavy atom.